The fourth-order valence-electron chi connectivity index (χ4n) is 3.65. The molecule has 1 heterocycles. The van der Waals surface area contributed by atoms with Gasteiger partial charge in [-0.2, -0.15) is 0 Å². The van der Waals surface area contributed by atoms with Gasteiger partial charge in [-0.15, -0.1) is 0 Å². The number of esters is 1. The zero-order valence-corrected chi connectivity index (χ0v) is 20.9. The smallest absolute Gasteiger partial charge is 0.304 e. The number of rotatable bonds is 8. The Morgan fingerprint density at radius 2 is 1.84 bits per heavy atom. The molecular formula is C26H34ClNO4. The van der Waals surface area contributed by atoms with E-state index in [-0.39, 0.29) is 10.6 Å². The molecule has 2 aliphatic rings. The van der Waals surface area contributed by atoms with E-state index in [1.807, 2.05) is 17.1 Å². The third-order valence-electron chi connectivity index (χ3n) is 6.01. The molecule has 32 heavy (non-hydrogen) atoms. The number of carbonyl (C=O) groups excluding carboxylic acids is 3. The van der Waals surface area contributed by atoms with Gasteiger partial charge in [0, 0.05) is 36.5 Å². The highest BCUT2D eigenvalue weighted by molar-refractivity contribution is 6.49. The zero-order valence-electron chi connectivity index (χ0n) is 20.1. The van der Waals surface area contributed by atoms with Crippen LogP contribution in [0.25, 0.3) is 0 Å². The van der Waals surface area contributed by atoms with Gasteiger partial charge in [-0.3, -0.25) is 14.4 Å². The summed E-state index contributed by atoms with van der Waals surface area (Å²) in [5.74, 6) is -1.11. The zero-order chi connectivity index (χ0) is 24.2. The van der Waals surface area contributed by atoms with Gasteiger partial charge in [0.05, 0.1) is 5.03 Å². The van der Waals surface area contributed by atoms with Crippen molar-refractivity contribution in [1.29, 1.82) is 0 Å². The maximum Gasteiger partial charge on any atom is 0.304 e. The van der Waals surface area contributed by atoms with E-state index in [0.29, 0.717) is 24.0 Å². The Labute approximate surface area is 196 Å². The number of hydrogen-bond donors (Lipinski definition) is 0. The number of ether oxygens (including phenoxy) is 1. The largest absolute Gasteiger partial charge is 0.443 e. The first-order valence-corrected chi connectivity index (χ1v) is 11.6. The van der Waals surface area contributed by atoms with Crippen LogP contribution in [0.3, 0.4) is 0 Å². The SMILES string of the molecule is CCC(C)/C=C(C)/C=C/C1=CC2=C(Cl)C(=O)C(C)(OC(C)=O)C(=O)C2=CN1CC(C)CC. The number of Topliss-reactive ketones (excluding diaryl/α,β-unsaturated/α-hetero) is 2. The van der Waals surface area contributed by atoms with E-state index in [1.54, 1.807) is 12.3 Å². The second-order valence-corrected chi connectivity index (χ2v) is 9.30. The van der Waals surface area contributed by atoms with Crippen molar-refractivity contribution >= 4 is 29.1 Å². The van der Waals surface area contributed by atoms with Gasteiger partial charge in [0.15, 0.2) is 0 Å². The van der Waals surface area contributed by atoms with Gasteiger partial charge in [-0.25, -0.2) is 0 Å². The van der Waals surface area contributed by atoms with Gasteiger partial charge in [0.1, 0.15) is 0 Å². The molecule has 0 fully saturated rings. The third kappa shape index (κ3) is 5.50. The predicted octanol–water partition coefficient (Wildman–Crippen LogP) is 5.63. The fraction of sp³-hybridized carbons (Fsp3) is 0.500. The molecular weight excluding hydrogens is 426 g/mol. The van der Waals surface area contributed by atoms with Crippen LogP contribution in [0.4, 0.5) is 0 Å². The molecule has 0 aromatic rings. The Bertz CT molecular complexity index is 953. The van der Waals surface area contributed by atoms with Crippen molar-refractivity contribution < 1.29 is 19.1 Å². The van der Waals surface area contributed by atoms with Crippen molar-refractivity contribution in [2.24, 2.45) is 11.8 Å². The lowest BCUT2D eigenvalue weighted by Crippen LogP contribution is -2.52. The van der Waals surface area contributed by atoms with Crippen molar-refractivity contribution in [2.45, 2.75) is 66.9 Å². The lowest BCUT2D eigenvalue weighted by Gasteiger charge is -2.36. The van der Waals surface area contributed by atoms with Crippen LogP contribution in [0.5, 0.6) is 0 Å². The molecule has 174 valence electrons. The quantitative estimate of drug-likeness (QED) is 0.267. The molecule has 0 saturated heterocycles. The Kier molecular flexibility index (Phi) is 8.47. The highest BCUT2D eigenvalue weighted by Gasteiger charge is 2.52. The minimum absolute atomic E-state index is 0.0967. The predicted molar refractivity (Wildman–Crippen MR) is 128 cm³/mol. The standard InChI is InChI=1S/C26H34ClNO4/c1-8-16(3)12-18(5)10-11-20-13-21-22(15-28(20)14-17(4)9-2)24(30)26(7,32-19(6)29)25(31)23(21)27/h10-13,15-17H,8-9,14H2,1-7H3/b11-10+,18-12+. The van der Waals surface area contributed by atoms with Gasteiger partial charge >= 0.3 is 5.97 Å². The lowest BCUT2D eigenvalue weighted by atomic mass is 9.79. The molecule has 0 amide bonds. The number of carbonyl (C=O) groups is 3. The van der Waals surface area contributed by atoms with Crippen LogP contribution < -0.4 is 0 Å². The van der Waals surface area contributed by atoms with Crippen LogP contribution in [-0.2, 0) is 19.1 Å². The average Bonchev–Trinajstić information content (AvgIpc) is 2.74. The Morgan fingerprint density at radius 3 is 2.41 bits per heavy atom. The van der Waals surface area contributed by atoms with E-state index >= 15 is 0 Å². The number of hydrogen-bond acceptors (Lipinski definition) is 5. The molecule has 5 nitrogen and oxygen atoms in total. The first kappa shape index (κ1) is 25.9. The number of ketones is 2. The maximum absolute atomic E-state index is 13.3. The first-order valence-electron chi connectivity index (χ1n) is 11.2. The molecule has 0 aromatic carbocycles. The van der Waals surface area contributed by atoms with Crippen LogP contribution in [0.1, 0.15) is 61.3 Å². The highest BCUT2D eigenvalue weighted by atomic mass is 35.5. The molecule has 3 atom stereocenters. The molecule has 1 aliphatic heterocycles. The van der Waals surface area contributed by atoms with Crippen molar-refractivity contribution in [3.8, 4) is 0 Å². The summed E-state index contributed by atoms with van der Waals surface area (Å²) in [7, 11) is 0. The van der Waals surface area contributed by atoms with Gasteiger partial charge in [-0.05, 0) is 37.8 Å². The summed E-state index contributed by atoms with van der Waals surface area (Å²) in [6, 6.07) is 0. The number of allylic oxidation sites excluding steroid dienone is 6. The summed E-state index contributed by atoms with van der Waals surface area (Å²) >= 11 is 6.42. The third-order valence-corrected chi connectivity index (χ3v) is 6.38. The summed E-state index contributed by atoms with van der Waals surface area (Å²) in [5.41, 5.74) is 0.685. The van der Waals surface area contributed by atoms with Crippen molar-refractivity contribution in [3.05, 3.63) is 58.0 Å². The molecule has 0 radical (unpaired) electrons. The van der Waals surface area contributed by atoms with Crippen LogP contribution >= 0.6 is 11.6 Å². The van der Waals surface area contributed by atoms with E-state index in [2.05, 4.69) is 40.7 Å². The van der Waals surface area contributed by atoms with E-state index in [9.17, 15) is 14.4 Å². The minimum atomic E-state index is -1.95. The monoisotopic (exact) mass is 459 g/mol. The molecule has 0 aromatic heterocycles. The summed E-state index contributed by atoms with van der Waals surface area (Å²) in [6.07, 6.45) is 11.8. The normalized spacial score (nSPS) is 23.8. The summed E-state index contributed by atoms with van der Waals surface area (Å²) in [6.45, 7) is 13.8. The second kappa shape index (κ2) is 10.5. The molecule has 3 unspecified atom stereocenters. The Morgan fingerprint density at radius 1 is 1.19 bits per heavy atom. The van der Waals surface area contributed by atoms with E-state index in [4.69, 9.17) is 16.3 Å². The Balaban J connectivity index is 2.56. The summed E-state index contributed by atoms with van der Waals surface area (Å²) < 4.78 is 5.16. The number of nitrogens with zero attached hydrogens (tertiary/aromatic N) is 1. The molecule has 0 saturated carbocycles. The van der Waals surface area contributed by atoms with Crippen molar-refractivity contribution in [1.82, 2.24) is 4.90 Å². The van der Waals surface area contributed by atoms with Gasteiger partial charge < -0.3 is 9.64 Å². The molecule has 2 rings (SSSR count). The highest BCUT2D eigenvalue weighted by Crippen LogP contribution is 2.39. The number of halogens is 1. The second-order valence-electron chi connectivity index (χ2n) is 8.92. The Hall–Kier alpha value is -2.40. The fourth-order valence-corrected chi connectivity index (χ4v) is 3.99. The van der Waals surface area contributed by atoms with Crippen LogP contribution in [0, 0.1) is 11.8 Å². The topological polar surface area (TPSA) is 63.7 Å². The summed E-state index contributed by atoms with van der Waals surface area (Å²) in [5, 5.41) is -0.0967. The van der Waals surface area contributed by atoms with Crippen molar-refractivity contribution in [2.75, 3.05) is 6.54 Å². The van der Waals surface area contributed by atoms with E-state index in [1.165, 1.54) is 13.8 Å². The van der Waals surface area contributed by atoms with E-state index < -0.39 is 23.1 Å². The van der Waals surface area contributed by atoms with E-state index in [0.717, 1.165) is 24.1 Å². The van der Waals surface area contributed by atoms with Crippen molar-refractivity contribution in [3.63, 3.8) is 0 Å². The molecule has 6 heteroatoms. The first-order chi connectivity index (χ1) is 14.9. The van der Waals surface area contributed by atoms with Crippen LogP contribution in [0.15, 0.2) is 58.0 Å². The molecule has 0 bridgehead atoms. The molecule has 1 aliphatic carbocycles. The van der Waals surface area contributed by atoms with Gasteiger partial charge in [0.2, 0.25) is 17.2 Å². The number of fused-ring (bicyclic) bond motifs is 1. The van der Waals surface area contributed by atoms with Crippen LogP contribution in [-0.4, -0.2) is 34.6 Å². The van der Waals surface area contributed by atoms with Gasteiger partial charge in [0.25, 0.3) is 0 Å². The minimum Gasteiger partial charge on any atom is -0.443 e. The molecule has 0 N–H and O–H groups in total. The average molecular weight is 460 g/mol. The molecule has 0 spiro atoms. The van der Waals surface area contributed by atoms with Crippen LogP contribution in [0.2, 0.25) is 0 Å². The summed E-state index contributed by atoms with van der Waals surface area (Å²) in [4.78, 5) is 39.7. The lowest BCUT2D eigenvalue weighted by molar-refractivity contribution is -0.167. The maximum atomic E-state index is 13.3. The van der Waals surface area contributed by atoms with Gasteiger partial charge in [-0.1, -0.05) is 69.9 Å².